The number of halogens is 1. The largest absolute Gasteiger partial charge is 0.345 e. The molecule has 6 heteroatoms. The fraction of sp³-hybridized carbons (Fsp3) is 0.438. The van der Waals surface area contributed by atoms with E-state index >= 15 is 0 Å². The smallest absolute Gasteiger partial charge is 0.242 e. The summed E-state index contributed by atoms with van der Waals surface area (Å²) in [6.45, 7) is 10.2. The zero-order valence-corrected chi connectivity index (χ0v) is 23.8. The molecule has 1 aliphatic rings. The van der Waals surface area contributed by atoms with Crippen molar-refractivity contribution in [2.75, 3.05) is 13.1 Å². The minimum Gasteiger partial charge on any atom is -0.345 e. The normalized spacial score (nSPS) is 17.3. The van der Waals surface area contributed by atoms with Gasteiger partial charge in [-0.15, -0.1) is 0 Å². The van der Waals surface area contributed by atoms with E-state index in [1.54, 1.807) is 0 Å². The molecule has 0 N–H and O–H groups in total. The van der Waals surface area contributed by atoms with Crippen LogP contribution in [-0.4, -0.2) is 45.3 Å². The maximum atomic E-state index is 13.8. The first-order valence-corrected chi connectivity index (χ1v) is 14.2. The van der Waals surface area contributed by atoms with Crippen molar-refractivity contribution in [3.8, 4) is 0 Å². The highest BCUT2D eigenvalue weighted by atomic mass is 35.5. The number of benzene rings is 2. The fourth-order valence-corrected chi connectivity index (χ4v) is 5.31. The Morgan fingerprint density at radius 3 is 2.39 bits per heavy atom. The Morgan fingerprint density at radius 2 is 1.71 bits per heavy atom. The van der Waals surface area contributed by atoms with Crippen LogP contribution < -0.4 is 0 Å². The summed E-state index contributed by atoms with van der Waals surface area (Å²) in [6.07, 6.45) is 3.70. The summed E-state index contributed by atoms with van der Waals surface area (Å²) < 4.78 is 2.15. The van der Waals surface area contributed by atoms with Gasteiger partial charge in [-0.2, -0.15) is 0 Å². The predicted octanol–water partition coefficient (Wildman–Crippen LogP) is 6.61. The van der Waals surface area contributed by atoms with Crippen LogP contribution in [0, 0.1) is 11.8 Å². The van der Waals surface area contributed by atoms with Crippen LogP contribution >= 0.6 is 11.6 Å². The summed E-state index contributed by atoms with van der Waals surface area (Å²) in [6, 6.07) is 22.2. The molecule has 5 nitrogen and oxygen atoms in total. The number of aromatic nitrogens is 1. The van der Waals surface area contributed by atoms with Crippen LogP contribution in [0.3, 0.4) is 0 Å². The van der Waals surface area contributed by atoms with Gasteiger partial charge in [0.15, 0.2) is 0 Å². The summed E-state index contributed by atoms with van der Waals surface area (Å²) in [7, 11) is 0. The van der Waals surface area contributed by atoms with E-state index in [9.17, 15) is 9.59 Å². The van der Waals surface area contributed by atoms with E-state index in [1.807, 2.05) is 71.5 Å². The van der Waals surface area contributed by atoms with Gasteiger partial charge in [0.25, 0.3) is 0 Å². The second kappa shape index (κ2) is 12.7. The van der Waals surface area contributed by atoms with Crippen molar-refractivity contribution in [3.63, 3.8) is 0 Å². The minimum atomic E-state index is -0.0365. The lowest BCUT2D eigenvalue weighted by Gasteiger charge is -2.32. The van der Waals surface area contributed by atoms with Crippen molar-refractivity contribution in [3.05, 3.63) is 94.8 Å². The number of hydrogen-bond donors (Lipinski definition) is 0. The van der Waals surface area contributed by atoms with Crippen LogP contribution in [0.2, 0.25) is 5.02 Å². The SMILES string of the molecule is CCC(C)N(CC(=O)N(Cc1cccn1Cc1ccccc1Cl)CC(C)C)C(=O)C1C[C@H]1c1ccccc1. The summed E-state index contributed by atoms with van der Waals surface area (Å²) in [4.78, 5) is 31.1. The van der Waals surface area contributed by atoms with Crippen molar-refractivity contribution in [1.82, 2.24) is 14.4 Å². The molecule has 1 saturated carbocycles. The number of carbonyl (C=O) groups excluding carboxylic acids is 2. The maximum Gasteiger partial charge on any atom is 0.242 e. The highest BCUT2D eigenvalue weighted by molar-refractivity contribution is 6.31. The molecule has 1 aliphatic carbocycles. The highest BCUT2D eigenvalue weighted by Gasteiger charge is 2.46. The molecule has 0 radical (unpaired) electrons. The average molecular weight is 534 g/mol. The van der Waals surface area contributed by atoms with Gasteiger partial charge in [0, 0.05) is 42.0 Å². The third kappa shape index (κ3) is 6.87. The quantitative estimate of drug-likeness (QED) is 0.263. The molecule has 1 aromatic heterocycles. The predicted molar refractivity (Wildman–Crippen MR) is 154 cm³/mol. The lowest BCUT2D eigenvalue weighted by Crippen LogP contribution is -2.48. The first-order chi connectivity index (χ1) is 18.3. The molecule has 4 rings (SSSR count). The lowest BCUT2D eigenvalue weighted by atomic mass is 10.1. The van der Waals surface area contributed by atoms with E-state index in [0.29, 0.717) is 25.6 Å². The minimum absolute atomic E-state index is 0.00486. The van der Waals surface area contributed by atoms with Crippen LogP contribution in [0.4, 0.5) is 0 Å². The first kappa shape index (κ1) is 28.0. The molecule has 3 aromatic rings. The van der Waals surface area contributed by atoms with Crippen LogP contribution in [0.15, 0.2) is 72.9 Å². The molecule has 2 amide bonds. The van der Waals surface area contributed by atoms with E-state index in [-0.39, 0.29) is 36.2 Å². The molecule has 2 aromatic carbocycles. The van der Waals surface area contributed by atoms with Gasteiger partial charge in [0.05, 0.1) is 6.54 Å². The van der Waals surface area contributed by atoms with Gasteiger partial charge in [-0.05, 0) is 60.9 Å². The fourth-order valence-electron chi connectivity index (χ4n) is 5.11. The first-order valence-electron chi connectivity index (χ1n) is 13.8. The van der Waals surface area contributed by atoms with E-state index in [4.69, 9.17) is 11.6 Å². The van der Waals surface area contributed by atoms with Gasteiger partial charge in [0.1, 0.15) is 6.54 Å². The zero-order chi connectivity index (χ0) is 27.2. The summed E-state index contributed by atoms with van der Waals surface area (Å²) in [5.74, 6) is 0.628. The molecular formula is C32H40ClN3O2. The molecule has 202 valence electrons. The van der Waals surface area contributed by atoms with Gasteiger partial charge in [-0.25, -0.2) is 0 Å². The molecule has 38 heavy (non-hydrogen) atoms. The Morgan fingerprint density at radius 1 is 1.00 bits per heavy atom. The number of rotatable bonds is 12. The van der Waals surface area contributed by atoms with Gasteiger partial charge in [-0.3, -0.25) is 9.59 Å². The number of nitrogens with zero attached hydrogens (tertiary/aromatic N) is 3. The Bertz CT molecular complexity index is 1220. The summed E-state index contributed by atoms with van der Waals surface area (Å²) >= 11 is 6.41. The van der Waals surface area contributed by atoms with Crippen LogP contribution in [0.25, 0.3) is 0 Å². The Labute approximate surface area is 232 Å². The van der Waals surface area contributed by atoms with Gasteiger partial charge in [0.2, 0.25) is 11.8 Å². The molecule has 0 saturated heterocycles. The monoisotopic (exact) mass is 533 g/mol. The van der Waals surface area contributed by atoms with Crippen molar-refractivity contribution >= 4 is 23.4 Å². The standard InChI is InChI=1S/C32H40ClN3O2/c1-5-24(4)36(32(38)29-18-28(29)25-12-7-6-8-13-25)22-31(37)35(19-23(2)3)21-27-15-11-17-34(27)20-26-14-9-10-16-30(26)33/h6-17,23-24,28-29H,5,18-22H2,1-4H3/t24?,28-,29?/m0/s1. The maximum absolute atomic E-state index is 13.8. The second-order valence-electron chi connectivity index (χ2n) is 11.0. The van der Waals surface area contributed by atoms with Gasteiger partial charge < -0.3 is 14.4 Å². The van der Waals surface area contributed by atoms with Crippen molar-refractivity contribution in [1.29, 1.82) is 0 Å². The molecule has 1 fully saturated rings. The second-order valence-corrected chi connectivity index (χ2v) is 11.4. The number of amides is 2. The number of hydrogen-bond acceptors (Lipinski definition) is 2. The molecule has 2 unspecified atom stereocenters. The zero-order valence-electron chi connectivity index (χ0n) is 23.0. The Hall–Kier alpha value is -3.05. The highest BCUT2D eigenvalue weighted by Crippen LogP contribution is 2.48. The molecule has 0 spiro atoms. The van der Waals surface area contributed by atoms with Crippen molar-refractivity contribution in [2.24, 2.45) is 11.8 Å². The molecule has 0 aliphatic heterocycles. The summed E-state index contributed by atoms with van der Waals surface area (Å²) in [5, 5.41) is 0.735. The van der Waals surface area contributed by atoms with Crippen LogP contribution in [0.1, 0.15) is 63.3 Å². The van der Waals surface area contributed by atoms with Crippen molar-refractivity contribution < 1.29 is 9.59 Å². The average Bonchev–Trinajstić information content (AvgIpc) is 3.60. The Balaban J connectivity index is 1.48. The topological polar surface area (TPSA) is 45.6 Å². The molecule has 1 heterocycles. The van der Waals surface area contributed by atoms with E-state index in [1.165, 1.54) is 5.56 Å². The number of carbonyl (C=O) groups is 2. The molecular weight excluding hydrogens is 494 g/mol. The third-order valence-electron chi connectivity index (χ3n) is 7.56. The Kier molecular flexibility index (Phi) is 9.32. The third-order valence-corrected chi connectivity index (χ3v) is 7.93. The van der Waals surface area contributed by atoms with E-state index in [2.05, 4.69) is 43.5 Å². The van der Waals surface area contributed by atoms with Crippen molar-refractivity contribution in [2.45, 2.75) is 65.6 Å². The lowest BCUT2D eigenvalue weighted by molar-refractivity contribution is -0.143. The molecule has 3 atom stereocenters. The van der Waals surface area contributed by atoms with E-state index < -0.39 is 0 Å². The van der Waals surface area contributed by atoms with Crippen LogP contribution in [-0.2, 0) is 22.7 Å². The van der Waals surface area contributed by atoms with Gasteiger partial charge >= 0.3 is 0 Å². The van der Waals surface area contributed by atoms with E-state index in [0.717, 1.165) is 29.1 Å². The van der Waals surface area contributed by atoms with Gasteiger partial charge in [-0.1, -0.05) is 80.9 Å². The van der Waals surface area contributed by atoms with Crippen LogP contribution in [0.5, 0.6) is 0 Å². The summed E-state index contributed by atoms with van der Waals surface area (Å²) in [5.41, 5.74) is 3.30. The molecule has 0 bridgehead atoms.